The molecule has 6 atom stereocenters. The van der Waals surface area contributed by atoms with Crippen molar-refractivity contribution in [2.45, 2.75) is 36.5 Å². The molecule has 3 aliphatic heterocycles. The van der Waals surface area contributed by atoms with Crippen molar-refractivity contribution in [2.75, 3.05) is 0 Å². The zero-order valence-corrected chi connectivity index (χ0v) is 8.02. The molecule has 3 heterocycles. The van der Waals surface area contributed by atoms with Crippen molar-refractivity contribution in [3.8, 4) is 0 Å². The summed E-state index contributed by atoms with van der Waals surface area (Å²) in [6.07, 6.45) is -3.36. The predicted molar refractivity (Wildman–Crippen MR) is 45.7 cm³/mol. The van der Waals surface area contributed by atoms with Gasteiger partial charge in [0.15, 0.2) is 12.4 Å². The van der Waals surface area contributed by atoms with E-state index < -0.39 is 42.5 Å². The fraction of sp³-hybridized carbons (Fsp3) is 0.667. The Kier molecular flexibility index (Phi) is 1.92. The molecule has 2 fully saturated rings. The summed E-state index contributed by atoms with van der Waals surface area (Å²) < 4.78 is 15.1. The van der Waals surface area contributed by atoms with Crippen LogP contribution in [0.1, 0.15) is 0 Å². The van der Waals surface area contributed by atoms with E-state index in [9.17, 15) is 20.1 Å². The highest BCUT2D eigenvalue weighted by Crippen LogP contribution is 2.43. The molecule has 0 aromatic carbocycles. The number of carbonyl (C=O) groups is 1. The van der Waals surface area contributed by atoms with Crippen molar-refractivity contribution in [1.29, 1.82) is 0 Å². The molecular weight excluding hydrogens is 220 g/mol. The van der Waals surface area contributed by atoms with Crippen molar-refractivity contribution < 1.29 is 34.3 Å². The lowest BCUT2D eigenvalue weighted by atomic mass is 10.0. The first-order valence-corrected chi connectivity index (χ1v) is 4.83. The van der Waals surface area contributed by atoms with E-state index in [1.54, 1.807) is 0 Å². The van der Waals surface area contributed by atoms with Crippen LogP contribution in [0.4, 0.5) is 0 Å². The van der Waals surface area contributed by atoms with Gasteiger partial charge in [-0.25, -0.2) is 4.79 Å². The first kappa shape index (κ1) is 10.2. The van der Waals surface area contributed by atoms with E-state index in [0.717, 1.165) is 6.08 Å². The third-order valence-corrected chi connectivity index (χ3v) is 3.00. The van der Waals surface area contributed by atoms with Gasteiger partial charge in [-0.2, -0.15) is 0 Å². The second kappa shape index (κ2) is 3.02. The highest BCUT2D eigenvalue weighted by atomic mass is 16.8. The molecule has 88 valence electrons. The molecule has 0 aromatic heterocycles. The fourth-order valence-corrected chi connectivity index (χ4v) is 2.21. The van der Waals surface area contributed by atoms with Crippen LogP contribution in [-0.4, -0.2) is 57.8 Å². The topological polar surface area (TPSA) is 105 Å². The van der Waals surface area contributed by atoms with Gasteiger partial charge >= 0.3 is 5.97 Å². The third kappa shape index (κ3) is 1.12. The monoisotopic (exact) mass is 230 g/mol. The lowest BCUT2D eigenvalue weighted by Gasteiger charge is -2.26. The van der Waals surface area contributed by atoms with E-state index in [0.29, 0.717) is 0 Å². The van der Waals surface area contributed by atoms with Gasteiger partial charge in [-0.3, -0.25) is 0 Å². The molecule has 0 aromatic rings. The van der Waals surface area contributed by atoms with Crippen molar-refractivity contribution in [3.63, 3.8) is 0 Å². The molecule has 0 bridgehead atoms. The molecule has 1 spiro atoms. The van der Waals surface area contributed by atoms with Crippen molar-refractivity contribution in [1.82, 2.24) is 0 Å². The number of carbonyl (C=O) groups excluding carboxylic acids is 1. The Hall–Kier alpha value is -0.990. The number of hydrogen-bond acceptors (Lipinski definition) is 7. The highest BCUT2D eigenvalue weighted by molar-refractivity contribution is 5.85. The SMILES string of the molecule is O=C1C=C[C@]2(O1)O[C@H]1[C@H](OC(O)[C@@H]1O)C2O. The first-order valence-electron chi connectivity index (χ1n) is 4.83. The van der Waals surface area contributed by atoms with E-state index in [1.807, 2.05) is 0 Å². The normalized spacial score (nSPS) is 54.7. The molecule has 3 N–H and O–H groups in total. The average molecular weight is 230 g/mol. The Morgan fingerprint density at radius 3 is 2.56 bits per heavy atom. The maximum Gasteiger partial charge on any atom is 0.333 e. The van der Waals surface area contributed by atoms with Crippen LogP contribution >= 0.6 is 0 Å². The Bertz CT molecular complexity index is 367. The van der Waals surface area contributed by atoms with Crippen LogP contribution < -0.4 is 0 Å². The number of rotatable bonds is 0. The van der Waals surface area contributed by atoms with E-state index >= 15 is 0 Å². The summed E-state index contributed by atoms with van der Waals surface area (Å²) in [5.74, 6) is -2.22. The maximum atomic E-state index is 11.0. The van der Waals surface area contributed by atoms with Crippen LogP contribution in [-0.2, 0) is 19.0 Å². The van der Waals surface area contributed by atoms with Crippen LogP contribution in [0, 0.1) is 0 Å². The van der Waals surface area contributed by atoms with Crippen LogP contribution in [0.15, 0.2) is 12.2 Å². The van der Waals surface area contributed by atoms with Gasteiger partial charge in [-0.05, 0) is 6.08 Å². The molecule has 0 radical (unpaired) electrons. The average Bonchev–Trinajstić information content (AvgIpc) is 2.82. The van der Waals surface area contributed by atoms with Gasteiger partial charge < -0.3 is 29.5 Å². The molecule has 0 amide bonds. The molecule has 3 aliphatic rings. The Morgan fingerprint density at radius 2 is 2.00 bits per heavy atom. The Morgan fingerprint density at radius 1 is 1.25 bits per heavy atom. The number of aliphatic hydroxyl groups is 3. The predicted octanol–water partition coefficient (Wildman–Crippen LogP) is -2.37. The molecule has 0 aliphatic carbocycles. The van der Waals surface area contributed by atoms with Crippen LogP contribution in [0.25, 0.3) is 0 Å². The summed E-state index contributed by atoms with van der Waals surface area (Å²) in [7, 11) is 0. The molecule has 7 heteroatoms. The molecule has 7 nitrogen and oxygen atoms in total. The lowest BCUT2D eigenvalue weighted by Crippen LogP contribution is -2.44. The van der Waals surface area contributed by atoms with E-state index in [4.69, 9.17) is 14.2 Å². The van der Waals surface area contributed by atoms with E-state index in [-0.39, 0.29) is 0 Å². The standard InChI is InChI=1S/C9H10O7/c10-3-1-2-9(15-3)7(12)6-5(16-9)4(11)8(13)14-6/h1-2,4-8,11-13H/t4-,5-,6+,7?,8?,9+/m1/s1. The molecular formula is C9H10O7. The number of fused-ring (bicyclic) bond motifs is 1. The highest BCUT2D eigenvalue weighted by Gasteiger charge is 2.64. The summed E-state index contributed by atoms with van der Waals surface area (Å²) in [6, 6.07) is 0. The zero-order valence-electron chi connectivity index (χ0n) is 8.02. The minimum absolute atomic E-state index is 0.630. The van der Waals surface area contributed by atoms with Gasteiger partial charge in [0.2, 0.25) is 0 Å². The van der Waals surface area contributed by atoms with Gasteiger partial charge in [0, 0.05) is 6.08 Å². The number of ether oxygens (including phenoxy) is 3. The van der Waals surface area contributed by atoms with Crippen molar-refractivity contribution in [2.24, 2.45) is 0 Å². The second-order valence-corrected chi connectivity index (χ2v) is 3.98. The Balaban J connectivity index is 1.89. The summed E-state index contributed by atoms with van der Waals surface area (Å²) >= 11 is 0. The van der Waals surface area contributed by atoms with Gasteiger partial charge in [0.25, 0.3) is 5.79 Å². The molecule has 16 heavy (non-hydrogen) atoms. The molecule has 2 saturated heterocycles. The fourth-order valence-electron chi connectivity index (χ4n) is 2.21. The Labute approximate surface area is 89.8 Å². The van der Waals surface area contributed by atoms with Crippen LogP contribution in [0.3, 0.4) is 0 Å². The van der Waals surface area contributed by atoms with Crippen LogP contribution in [0.5, 0.6) is 0 Å². The summed E-state index contributed by atoms with van der Waals surface area (Å²) in [5, 5.41) is 28.6. The van der Waals surface area contributed by atoms with E-state index in [2.05, 4.69) is 0 Å². The number of aliphatic hydroxyl groups excluding tert-OH is 3. The molecule has 0 saturated carbocycles. The second-order valence-electron chi connectivity index (χ2n) is 3.98. The molecule has 2 unspecified atom stereocenters. The van der Waals surface area contributed by atoms with Gasteiger partial charge in [-0.15, -0.1) is 0 Å². The van der Waals surface area contributed by atoms with Crippen molar-refractivity contribution >= 4 is 5.97 Å². The van der Waals surface area contributed by atoms with Gasteiger partial charge in [0.05, 0.1) is 0 Å². The van der Waals surface area contributed by atoms with Gasteiger partial charge in [-0.1, -0.05) is 0 Å². The number of esters is 1. The zero-order chi connectivity index (χ0) is 11.5. The van der Waals surface area contributed by atoms with E-state index in [1.165, 1.54) is 6.08 Å². The third-order valence-electron chi connectivity index (χ3n) is 3.00. The number of hydrogen-bond donors (Lipinski definition) is 3. The molecule has 3 rings (SSSR count). The smallest absolute Gasteiger partial charge is 0.333 e. The van der Waals surface area contributed by atoms with Crippen LogP contribution in [0.2, 0.25) is 0 Å². The van der Waals surface area contributed by atoms with Gasteiger partial charge in [0.1, 0.15) is 18.3 Å². The first-order chi connectivity index (χ1) is 7.53. The summed E-state index contributed by atoms with van der Waals surface area (Å²) in [5.41, 5.74) is 0. The summed E-state index contributed by atoms with van der Waals surface area (Å²) in [4.78, 5) is 11.0. The maximum absolute atomic E-state index is 11.0. The lowest BCUT2D eigenvalue weighted by molar-refractivity contribution is -0.238. The largest absolute Gasteiger partial charge is 0.423 e. The minimum atomic E-state index is -1.59. The summed E-state index contributed by atoms with van der Waals surface area (Å²) in [6.45, 7) is 0. The van der Waals surface area contributed by atoms with Crippen molar-refractivity contribution in [3.05, 3.63) is 12.2 Å². The minimum Gasteiger partial charge on any atom is -0.423 e. The quantitative estimate of drug-likeness (QED) is 0.399.